The number of ketones is 1. The van der Waals surface area contributed by atoms with Gasteiger partial charge in [-0.25, -0.2) is 0 Å². The monoisotopic (exact) mass is 341 g/mol. The van der Waals surface area contributed by atoms with Crippen molar-refractivity contribution in [2.75, 3.05) is 18.4 Å². The zero-order valence-corrected chi connectivity index (χ0v) is 15.3. The molecule has 1 rings (SSSR count). The lowest BCUT2D eigenvalue weighted by molar-refractivity contribution is -0.112. The highest BCUT2D eigenvalue weighted by atomic mass is 16.1. The van der Waals surface area contributed by atoms with E-state index in [-0.39, 0.29) is 11.4 Å². The summed E-state index contributed by atoms with van der Waals surface area (Å²) < 4.78 is 0. The van der Waals surface area contributed by atoms with Gasteiger partial charge in [-0.2, -0.15) is 5.26 Å². The van der Waals surface area contributed by atoms with Crippen LogP contribution in [0.25, 0.3) is 0 Å². The van der Waals surface area contributed by atoms with Gasteiger partial charge in [0.05, 0.1) is 0 Å². The molecule has 25 heavy (non-hydrogen) atoms. The molecule has 0 fully saturated rings. The summed E-state index contributed by atoms with van der Waals surface area (Å²) in [6.45, 7) is 7.39. The highest BCUT2D eigenvalue weighted by molar-refractivity contribution is 6.06. The molecule has 1 aromatic carbocycles. The summed E-state index contributed by atoms with van der Waals surface area (Å²) in [5.74, 6) is -0.464. The molecular formula is C20H27N3O2. The predicted octanol–water partition coefficient (Wildman–Crippen LogP) is 4.14. The van der Waals surface area contributed by atoms with Gasteiger partial charge in [-0.1, -0.05) is 26.7 Å². The third-order valence-corrected chi connectivity index (χ3v) is 3.82. The van der Waals surface area contributed by atoms with Gasteiger partial charge in [0.25, 0.3) is 5.91 Å². The number of nitrogens with zero attached hydrogens (tertiary/aromatic N) is 2. The van der Waals surface area contributed by atoms with E-state index >= 15 is 0 Å². The molecule has 0 aliphatic rings. The van der Waals surface area contributed by atoms with Gasteiger partial charge in [0.2, 0.25) is 0 Å². The van der Waals surface area contributed by atoms with Crippen LogP contribution in [-0.2, 0) is 4.79 Å². The Morgan fingerprint density at radius 2 is 1.68 bits per heavy atom. The lowest BCUT2D eigenvalue weighted by Crippen LogP contribution is -2.23. The molecule has 0 saturated heterocycles. The van der Waals surface area contributed by atoms with Crippen molar-refractivity contribution in [1.29, 1.82) is 5.26 Å². The fourth-order valence-electron chi connectivity index (χ4n) is 2.27. The fourth-order valence-corrected chi connectivity index (χ4v) is 2.27. The van der Waals surface area contributed by atoms with Gasteiger partial charge in [-0.15, -0.1) is 0 Å². The Bertz CT molecular complexity index is 634. The summed E-state index contributed by atoms with van der Waals surface area (Å²) in [5.41, 5.74) is 1.23. The number of rotatable bonds is 10. The van der Waals surface area contributed by atoms with Crippen LogP contribution in [0.2, 0.25) is 0 Å². The van der Waals surface area contributed by atoms with Crippen molar-refractivity contribution < 1.29 is 9.59 Å². The van der Waals surface area contributed by atoms with Gasteiger partial charge in [0.15, 0.2) is 5.78 Å². The first-order valence-corrected chi connectivity index (χ1v) is 8.80. The number of amides is 1. The van der Waals surface area contributed by atoms with Gasteiger partial charge in [0.1, 0.15) is 11.6 Å². The molecule has 0 unspecified atom stereocenters. The summed E-state index contributed by atoms with van der Waals surface area (Å²) in [7, 11) is 0. The molecule has 1 N–H and O–H groups in total. The highest BCUT2D eigenvalue weighted by Crippen LogP contribution is 2.12. The Morgan fingerprint density at radius 1 is 1.12 bits per heavy atom. The van der Waals surface area contributed by atoms with Gasteiger partial charge >= 0.3 is 0 Å². The van der Waals surface area contributed by atoms with Crippen LogP contribution in [0.3, 0.4) is 0 Å². The molecule has 0 atom stereocenters. The Morgan fingerprint density at radius 3 is 2.12 bits per heavy atom. The number of hydrogen-bond acceptors (Lipinski definition) is 4. The number of nitriles is 1. The standard InChI is InChI=1S/C20H27N3O2/c1-4-6-12-23(13-7-5-2)15-18(14-21)20(25)22-19-10-8-17(9-11-19)16(3)24/h8-11,15H,4-7,12-13H2,1-3H3,(H,22,25)/b18-15-. The van der Waals surface area contributed by atoms with Crippen molar-refractivity contribution >= 4 is 17.4 Å². The molecule has 0 heterocycles. The molecule has 0 aliphatic carbocycles. The van der Waals surface area contributed by atoms with Gasteiger partial charge < -0.3 is 10.2 Å². The fraction of sp³-hybridized carbons (Fsp3) is 0.450. The molecule has 0 bridgehead atoms. The largest absolute Gasteiger partial charge is 0.376 e. The second kappa shape index (κ2) is 11.0. The van der Waals surface area contributed by atoms with Gasteiger partial charge in [-0.05, 0) is 44.0 Å². The Labute approximate surface area is 150 Å². The predicted molar refractivity (Wildman–Crippen MR) is 100 cm³/mol. The first-order chi connectivity index (χ1) is 12.0. The molecular weight excluding hydrogens is 314 g/mol. The summed E-state index contributed by atoms with van der Waals surface area (Å²) in [5, 5.41) is 12.0. The van der Waals surface area contributed by atoms with Crippen LogP contribution in [-0.4, -0.2) is 29.7 Å². The van der Waals surface area contributed by atoms with E-state index in [1.165, 1.54) is 6.92 Å². The number of benzene rings is 1. The SMILES string of the molecule is CCCCN(/C=C(/C#N)C(=O)Nc1ccc(C(C)=O)cc1)CCCC. The Balaban J connectivity index is 2.82. The van der Waals surface area contributed by atoms with E-state index in [0.29, 0.717) is 11.3 Å². The van der Waals surface area contributed by atoms with Crippen LogP contribution in [0.15, 0.2) is 36.0 Å². The van der Waals surface area contributed by atoms with Crippen LogP contribution in [0, 0.1) is 11.3 Å². The molecule has 1 amide bonds. The van der Waals surface area contributed by atoms with E-state index in [9.17, 15) is 14.9 Å². The topological polar surface area (TPSA) is 73.2 Å². The van der Waals surface area contributed by atoms with E-state index < -0.39 is 5.91 Å². The highest BCUT2D eigenvalue weighted by Gasteiger charge is 2.12. The molecule has 0 aliphatic heterocycles. The second-order valence-electron chi connectivity index (χ2n) is 5.99. The molecule has 5 nitrogen and oxygen atoms in total. The number of unbranched alkanes of at least 4 members (excludes halogenated alkanes) is 2. The van der Waals surface area contributed by atoms with E-state index in [4.69, 9.17) is 0 Å². The molecule has 0 saturated carbocycles. The maximum atomic E-state index is 12.4. The minimum Gasteiger partial charge on any atom is -0.376 e. The third kappa shape index (κ3) is 7.21. The summed E-state index contributed by atoms with van der Waals surface area (Å²) in [4.78, 5) is 25.7. The van der Waals surface area contributed by atoms with Crippen LogP contribution in [0.1, 0.15) is 56.8 Å². The quantitative estimate of drug-likeness (QED) is 0.394. The number of carbonyl (C=O) groups is 2. The summed E-state index contributed by atoms with van der Waals surface area (Å²) in [6, 6.07) is 8.62. The van der Waals surface area contributed by atoms with E-state index in [0.717, 1.165) is 38.8 Å². The third-order valence-electron chi connectivity index (χ3n) is 3.82. The zero-order chi connectivity index (χ0) is 18.7. The minimum atomic E-state index is -0.434. The first-order valence-electron chi connectivity index (χ1n) is 8.80. The van der Waals surface area contributed by atoms with Crippen molar-refractivity contribution in [1.82, 2.24) is 4.90 Å². The second-order valence-corrected chi connectivity index (χ2v) is 5.99. The van der Waals surface area contributed by atoms with Crippen molar-refractivity contribution in [3.63, 3.8) is 0 Å². The van der Waals surface area contributed by atoms with E-state index in [1.54, 1.807) is 30.5 Å². The lowest BCUT2D eigenvalue weighted by atomic mass is 10.1. The number of hydrogen-bond donors (Lipinski definition) is 1. The van der Waals surface area contributed by atoms with Gasteiger partial charge in [-0.3, -0.25) is 9.59 Å². The summed E-state index contributed by atoms with van der Waals surface area (Å²) >= 11 is 0. The van der Waals surface area contributed by atoms with Crippen LogP contribution < -0.4 is 5.32 Å². The normalized spacial score (nSPS) is 10.9. The number of nitrogens with one attached hydrogen (secondary N) is 1. The van der Waals surface area contributed by atoms with Crippen LogP contribution in [0.4, 0.5) is 5.69 Å². The number of carbonyl (C=O) groups excluding carboxylic acids is 2. The molecule has 1 aromatic rings. The lowest BCUT2D eigenvalue weighted by Gasteiger charge is -2.20. The van der Waals surface area contributed by atoms with Crippen molar-refractivity contribution in [3.05, 3.63) is 41.6 Å². The maximum absolute atomic E-state index is 12.4. The number of anilines is 1. The molecule has 0 spiro atoms. The Kier molecular flexibility index (Phi) is 9.02. The van der Waals surface area contributed by atoms with E-state index in [1.807, 2.05) is 11.0 Å². The van der Waals surface area contributed by atoms with Crippen molar-refractivity contribution in [2.24, 2.45) is 0 Å². The molecule has 134 valence electrons. The summed E-state index contributed by atoms with van der Waals surface area (Å²) in [6.07, 6.45) is 5.82. The van der Waals surface area contributed by atoms with E-state index in [2.05, 4.69) is 19.2 Å². The number of Topliss-reactive ketones (excluding diaryl/α,β-unsaturated/α-hetero) is 1. The van der Waals surface area contributed by atoms with Crippen LogP contribution >= 0.6 is 0 Å². The van der Waals surface area contributed by atoms with Crippen molar-refractivity contribution in [2.45, 2.75) is 46.5 Å². The van der Waals surface area contributed by atoms with Crippen molar-refractivity contribution in [3.8, 4) is 6.07 Å². The first kappa shape index (κ1) is 20.4. The molecule has 5 heteroatoms. The molecule has 0 radical (unpaired) electrons. The Hall–Kier alpha value is -2.61. The maximum Gasteiger partial charge on any atom is 0.267 e. The van der Waals surface area contributed by atoms with Gasteiger partial charge in [0, 0.05) is 30.5 Å². The zero-order valence-electron chi connectivity index (χ0n) is 15.3. The average molecular weight is 341 g/mol. The smallest absolute Gasteiger partial charge is 0.267 e. The minimum absolute atomic E-state index is 0.0297. The average Bonchev–Trinajstić information content (AvgIpc) is 2.61. The van der Waals surface area contributed by atoms with Crippen LogP contribution in [0.5, 0.6) is 0 Å². The molecule has 0 aromatic heterocycles.